The normalized spacial score (nSPS) is 12.4. The van der Waals surface area contributed by atoms with Crippen molar-refractivity contribution in [2.24, 2.45) is 5.73 Å². The fourth-order valence-electron chi connectivity index (χ4n) is 1.10. The molecular weight excluding hydrogens is 182 g/mol. The first-order valence-corrected chi connectivity index (χ1v) is 4.63. The van der Waals surface area contributed by atoms with Gasteiger partial charge in [-0.2, -0.15) is 15.4 Å². The maximum atomic E-state index is 11.3. The molecule has 6 nitrogen and oxygen atoms in total. The Balaban J connectivity index is 2.28. The van der Waals surface area contributed by atoms with Gasteiger partial charge in [-0.15, -0.1) is 0 Å². The molecule has 4 N–H and O–H groups in total. The number of carbonyl (C=O) groups excluding carboxylic acids is 1. The van der Waals surface area contributed by atoms with E-state index in [2.05, 4.69) is 27.7 Å². The van der Waals surface area contributed by atoms with E-state index in [1.807, 2.05) is 0 Å². The van der Waals surface area contributed by atoms with E-state index in [-0.39, 0.29) is 17.6 Å². The first-order valence-electron chi connectivity index (χ1n) is 4.63. The van der Waals surface area contributed by atoms with Crippen LogP contribution in [-0.4, -0.2) is 33.9 Å². The number of rotatable bonds is 5. The molecule has 1 rings (SSSR count). The van der Waals surface area contributed by atoms with E-state index in [0.717, 1.165) is 12.8 Å². The molecule has 0 bridgehead atoms. The Bertz CT molecular complexity index is 271. The Hall–Kier alpha value is -1.43. The standard InChI is InChI=1S/C8H15N5O/c1-2-3-6(9)4-10-8(14)7-5-11-13-12-7/h5-6H,2-4,9H2,1H3,(H,10,14)(H,11,12,13). The minimum absolute atomic E-state index is 0.0100. The highest BCUT2D eigenvalue weighted by atomic mass is 16.1. The van der Waals surface area contributed by atoms with Gasteiger partial charge in [0, 0.05) is 12.6 Å². The Morgan fingerprint density at radius 3 is 3.14 bits per heavy atom. The molecule has 78 valence electrons. The molecule has 1 atom stereocenters. The first-order chi connectivity index (χ1) is 6.74. The smallest absolute Gasteiger partial charge is 0.273 e. The van der Waals surface area contributed by atoms with Gasteiger partial charge >= 0.3 is 0 Å². The van der Waals surface area contributed by atoms with E-state index in [0.29, 0.717) is 6.54 Å². The highest BCUT2D eigenvalue weighted by Crippen LogP contribution is 1.92. The largest absolute Gasteiger partial charge is 0.349 e. The minimum atomic E-state index is -0.245. The summed E-state index contributed by atoms with van der Waals surface area (Å²) in [6.07, 6.45) is 3.29. The molecule has 0 fully saturated rings. The van der Waals surface area contributed by atoms with E-state index in [4.69, 9.17) is 5.73 Å². The van der Waals surface area contributed by atoms with Crippen LogP contribution in [0.3, 0.4) is 0 Å². The molecular formula is C8H15N5O. The van der Waals surface area contributed by atoms with E-state index in [9.17, 15) is 4.79 Å². The van der Waals surface area contributed by atoms with E-state index >= 15 is 0 Å². The van der Waals surface area contributed by atoms with Gasteiger partial charge in [0.05, 0.1) is 6.20 Å². The Kier molecular flexibility index (Phi) is 4.06. The van der Waals surface area contributed by atoms with Gasteiger partial charge in [-0.25, -0.2) is 0 Å². The second kappa shape index (κ2) is 5.33. The monoisotopic (exact) mass is 197 g/mol. The predicted molar refractivity (Wildman–Crippen MR) is 51.6 cm³/mol. The third-order valence-electron chi connectivity index (χ3n) is 1.83. The van der Waals surface area contributed by atoms with Gasteiger partial charge in [0.2, 0.25) is 0 Å². The topological polar surface area (TPSA) is 96.7 Å². The summed E-state index contributed by atoms with van der Waals surface area (Å²) < 4.78 is 0. The number of hydrogen-bond donors (Lipinski definition) is 3. The molecule has 6 heteroatoms. The first kappa shape index (κ1) is 10.6. The molecule has 0 aromatic carbocycles. The van der Waals surface area contributed by atoms with Crippen molar-refractivity contribution < 1.29 is 4.79 Å². The number of H-pyrrole nitrogens is 1. The predicted octanol–water partition coefficient (Wildman–Crippen LogP) is -0.338. The van der Waals surface area contributed by atoms with E-state index < -0.39 is 0 Å². The summed E-state index contributed by atoms with van der Waals surface area (Å²) >= 11 is 0. The van der Waals surface area contributed by atoms with Gasteiger partial charge in [-0.3, -0.25) is 4.79 Å². The number of nitrogens with zero attached hydrogens (tertiary/aromatic N) is 2. The number of nitrogens with one attached hydrogen (secondary N) is 2. The highest BCUT2D eigenvalue weighted by molar-refractivity contribution is 5.91. The van der Waals surface area contributed by atoms with Gasteiger partial charge in [0.15, 0.2) is 5.69 Å². The van der Waals surface area contributed by atoms with Crippen molar-refractivity contribution in [1.29, 1.82) is 0 Å². The molecule has 0 radical (unpaired) electrons. The van der Waals surface area contributed by atoms with Crippen LogP contribution in [0.4, 0.5) is 0 Å². The Labute approximate surface area is 82.3 Å². The molecule has 14 heavy (non-hydrogen) atoms. The Morgan fingerprint density at radius 1 is 1.79 bits per heavy atom. The van der Waals surface area contributed by atoms with Crippen LogP contribution in [0.15, 0.2) is 6.20 Å². The number of amides is 1. The van der Waals surface area contributed by atoms with Crippen molar-refractivity contribution >= 4 is 5.91 Å². The third kappa shape index (κ3) is 3.14. The lowest BCUT2D eigenvalue weighted by atomic mass is 10.2. The molecule has 0 aliphatic carbocycles. The van der Waals surface area contributed by atoms with Crippen LogP contribution in [0.2, 0.25) is 0 Å². The van der Waals surface area contributed by atoms with Crippen LogP contribution in [0.5, 0.6) is 0 Å². The van der Waals surface area contributed by atoms with Gasteiger partial charge < -0.3 is 11.1 Å². The molecule has 0 spiro atoms. The number of nitrogens with two attached hydrogens (primary N) is 1. The summed E-state index contributed by atoms with van der Waals surface area (Å²) in [4.78, 5) is 11.3. The zero-order valence-corrected chi connectivity index (χ0v) is 8.16. The summed E-state index contributed by atoms with van der Waals surface area (Å²) in [7, 11) is 0. The van der Waals surface area contributed by atoms with Gasteiger partial charge in [-0.1, -0.05) is 13.3 Å². The van der Waals surface area contributed by atoms with Crippen molar-refractivity contribution in [2.45, 2.75) is 25.8 Å². The molecule has 1 aromatic rings. The SMILES string of the molecule is CCCC(N)CNC(=O)c1cn[nH]n1. The molecule has 1 aromatic heterocycles. The minimum Gasteiger partial charge on any atom is -0.349 e. The summed E-state index contributed by atoms with van der Waals surface area (Å²) in [5.74, 6) is -0.245. The molecule has 0 aliphatic rings. The number of carbonyl (C=O) groups is 1. The van der Waals surface area contributed by atoms with Crippen molar-refractivity contribution in [3.63, 3.8) is 0 Å². The molecule has 1 heterocycles. The summed E-state index contributed by atoms with van der Waals surface area (Å²) in [6, 6.07) is 0.0100. The van der Waals surface area contributed by atoms with Crippen molar-refractivity contribution in [3.05, 3.63) is 11.9 Å². The maximum absolute atomic E-state index is 11.3. The van der Waals surface area contributed by atoms with E-state index in [1.165, 1.54) is 6.20 Å². The second-order valence-electron chi connectivity index (χ2n) is 3.11. The van der Waals surface area contributed by atoms with Gasteiger partial charge in [0.25, 0.3) is 5.91 Å². The summed E-state index contributed by atoms with van der Waals surface area (Å²) in [5, 5.41) is 12.2. The van der Waals surface area contributed by atoms with Crippen LogP contribution < -0.4 is 11.1 Å². The van der Waals surface area contributed by atoms with Crippen LogP contribution >= 0.6 is 0 Å². The average Bonchev–Trinajstić information content (AvgIpc) is 2.67. The molecule has 0 aliphatic heterocycles. The molecule has 0 saturated carbocycles. The second-order valence-corrected chi connectivity index (χ2v) is 3.11. The van der Waals surface area contributed by atoms with Crippen molar-refractivity contribution in [2.75, 3.05) is 6.54 Å². The molecule has 1 amide bonds. The zero-order chi connectivity index (χ0) is 10.4. The quantitative estimate of drug-likeness (QED) is 0.601. The van der Waals surface area contributed by atoms with Crippen LogP contribution in [-0.2, 0) is 0 Å². The van der Waals surface area contributed by atoms with Gasteiger partial charge in [-0.05, 0) is 6.42 Å². The van der Waals surface area contributed by atoms with Crippen molar-refractivity contribution in [3.8, 4) is 0 Å². The maximum Gasteiger partial charge on any atom is 0.273 e. The average molecular weight is 197 g/mol. The highest BCUT2D eigenvalue weighted by Gasteiger charge is 2.09. The summed E-state index contributed by atoms with van der Waals surface area (Å²) in [5.41, 5.74) is 6.01. The lowest BCUT2D eigenvalue weighted by Crippen LogP contribution is -2.37. The van der Waals surface area contributed by atoms with Crippen LogP contribution in [0.1, 0.15) is 30.3 Å². The Morgan fingerprint density at radius 2 is 2.57 bits per heavy atom. The van der Waals surface area contributed by atoms with Crippen molar-refractivity contribution in [1.82, 2.24) is 20.7 Å². The number of aromatic nitrogens is 3. The fourth-order valence-corrected chi connectivity index (χ4v) is 1.10. The number of aromatic amines is 1. The zero-order valence-electron chi connectivity index (χ0n) is 8.16. The lowest BCUT2D eigenvalue weighted by molar-refractivity contribution is 0.0945. The molecule has 0 saturated heterocycles. The number of hydrogen-bond acceptors (Lipinski definition) is 4. The van der Waals surface area contributed by atoms with E-state index in [1.54, 1.807) is 0 Å². The van der Waals surface area contributed by atoms with Gasteiger partial charge in [0.1, 0.15) is 0 Å². The lowest BCUT2D eigenvalue weighted by Gasteiger charge is -2.10. The third-order valence-corrected chi connectivity index (χ3v) is 1.83. The van der Waals surface area contributed by atoms with Crippen LogP contribution in [0.25, 0.3) is 0 Å². The molecule has 1 unspecified atom stereocenters. The summed E-state index contributed by atoms with van der Waals surface area (Å²) in [6.45, 7) is 2.53. The fraction of sp³-hybridized carbons (Fsp3) is 0.625. The van der Waals surface area contributed by atoms with Crippen LogP contribution in [0, 0.1) is 0 Å².